The molecule has 0 nitrogen and oxygen atoms in total. The number of hydrogen-bond donors (Lipinski definition) is 0. The van der Waals surface area contributed by atoms with Gasteiger partial charge in [0, 0.05) is 9.52 Å². The molecule has 0 atom stereocenters. The molecule has 0 aliphatic carbocycles. The summed E-state index contributed by atoms with van der Waals surface area (Å²) in [7, 11) is 1.17. The van der Waals surface area contributed by atoms with Gasteiger partial charge in [-0.05, 0) is 12.0 Å². The molecule has 0 saturated carbocycles. The second-order valence-corrected chi connectivity index (χ2v) is 6.96. The summed E-state index contributed by atoms with van der Waals surface area (Å²) in [6, 6.07) is 13.8. The molecule has 19 heavy (non-hydrogen) atoms. The Kier molecular flexibility index (Phi) is 10.8. The third kappa shape index (κ3) is 9.95. The molecule has 0 N–H and O–H groups in total. The Labute approximate surface area is 122 Å². The smallest absolute Gasteiger partial charge is 0.0381 e. The van der Waals surface area contributed by atoms with E-state index < -0.39 is 0 Å². The van der Waals surface area contributed by atoms with E-state index in [1.54, 1.807) is 0 Å². The molecule has 0 unspecified atom stereocenters. The molecule has 0 aliphatic rings. The van der Waals surface area contributed by atoms with Crippen molar-refractivity contribution in [3.05, 3.63) is 35.9 Å². The number of hydrogen-bond acceptors (Lipinski definition) is 0. The number of aryl methyl sites for hydroxylation is 1. The Morgan fingerprint density at radius 1 is 0.737 bits per heavy atom. The molecule has 0 aromatic heterocycles. The molecule has 0 aliphatic heterocycles. The first-order valence-electron chi connectivity index (χ1n) is 8.18. The first-order valence-corrected chi connectivity index (χ1v) is 9.59. The molecule has 0 amide bonds. The van der Waals surface area contributed by atoms with Crippen LogP contribution in [0, 0.1) is 0 Å². The average Bonchev–Trinajstić information content (AvgIpc) is 2.46. The van der Waals surface area contributed by atoms with Gasteiger partial charge in [-0.15, -0.1) is 0 Å². The van der Waals surface area contributed by atoms with Crippen molar-refractivity contribution < 1.29 is 0 Å². The molecule has 1 aromatic carbocycles. The van der Waals surface area contributed by atoms with Crippen LogP contribution in [0.15, 0.2) is 30.3 Å². The van der Waals surface area contributed by atoms with Crippen molar-refractivity contribution >= 4 is 9.52 Å². The lowest BCUT2D eigenvalue weighted by Gasteiger charge is -2.02. The van der Waals surface area contributed by atoms with Crippen molar-refractivity contribution in [3.63, 3.8) is 0 Å². The van der Waals surface area contributed by atoms with Crippen LogP contribution in [0.3, 0.4) is 0 Å². The number of rotatable bonds is 12. The molecular formula is C18H30Si. The van der Waals surface area contributed by atoms with Crippen LogP contribution in [-0.2, 0) is 6.42 Å². The van der Waals surface area contributed by atoms with Crippen molar-refractivity contribution in [2.75, 3.05) is 0 Å². The van der Waals surface area contributed by atoms with Gasteiger partial charge in [0.15, 0.2) is 0 Å². The Morgan fingerprint density at radius 2 is 1.37 bits per heavy atom. The van der Waals surface area contributed by atoms with Crippen molar-refractivity contribution in [2.24, 2.45) is 0 Å². The Hall–Kier alpha value is -0.563. The van der Waals surface area contributed by atoms with E-state index in [1.165, 1.54) is 85.0 Å². The summed E-state index contributed by atoms with van der Waals surface area (Å²) in [6.07, 6.45) is 12.8. The molecule has 1 aromatic rings. The zero-order chi connectivity index (χ0) is 13.6. The van der Waals surface area contributed by atoms with Crippen LogP contribution in [0.2, 0.25) is 12.1 Å². The summed E-state index contributed by atoms with van der Waals surface area (Å²) >= 11 is 0. The van der Waals surface area contributed by atoms with E-state index in [0.29, 0.717) is 0 Å². The Balaban J connectivity index is 1.79. The molecule has 0 saturated heterocycles. The topological polar surface area (TPSA) is 0 Å². The molecular weight excluding hydrogens is 244 g/mol. The molecule has 0 fully saturated rings. The Morgan fingerprint density at radius 3 is 2.05 bits per heavy atom. The zero-order valence-electron chi connectivity index (χ0n) is 12.7. The zero-order valence-corrected chi connectivity index (χ0v) is 13.7. The predicted molar refractivity (Wildman–Crippen MR) is 88.1 cm³/mol. The van der Waals surface area contributed by atoms with Crippen molar-refractivity contribution in [3.8, 4) is 0 Å². The van der Waals surface area contributed by atoms with Crippen LogP contribution in [0.4, 0.5) is 0 Å². The van der Waals surface area contributed by atoms with Gasteiger partial charge >= 0.3 is 0 Å². The quantitative estimate of drug-likeness (QED) is 0.328. The van der Waals surface area contributed by atoms with E-state index in [9.17, 15) is 0 Å². The van der Waals surface area contributed by atoms with Crippen molar-refractivity contribution in [1.29, 1.82) is 0 Å². The highest BCUT2D eigenvalue weighted by Gasteiger charge is 1.95. The fourth-order valence-electron chi connectivity index (χ4n) is 2.39. The van der Waals surface area contributed by atoms with Gasteiger partial charge in [-0.3, -0.25) is 0 Å². The lowest BCUT2D eigenvalue weighted by Crippen LogP contribution is -1.93. The van der Waals surface area contributed by atoms with Gasteiger partial charge in [0.25, 0.3) is 0 Å². The number of benzene rings is 1. The second-order valence-electron chi connectivity index (χ2n) is 5.46. The van der Waals surface area contributed by atoms with Gasteiger partial charge in [-0.25, -0.2) is 0 Å². The van der Waals surface area contributed by atoms with Crippen LogP contribution in [-0.4, -0.2) is 9.52 Å². The average molecular weight is 275 g/mol. The summed E-state index contributed by atoms with van der Waals surface area (Å²) in [5.74, 6) is 0. The molecule has 1 rings (SSSR count). The maximum atomic E-state index is 2.29. The van der Waals surface area contributed by atoms with Crippen molar-refractivity contribution in [2.45, 2.75) is 76.8 Å². The summed E-state index contributed by atoms with van der Waals surface area (Å²) < 4.78 is 0. The fourth-order valence-corrected chi connectivity index (χ4v) is 3.60. The molecule has 2 radical (unpaired) electrons. The van der Waals surface area contributed by atoms with E-state index in [0.717, 1.165) is 0 Å². The van der Waals surface area contributed by atoms with Gasteiger partial charge in [-0.1, -0.05) is 101 Å². The predicted octanol–water partition coefficient (Wildman–Crippen LogP) is 5.91. The molecule has 0 spiro atoms. The minimum atomic E-state index is 1.17. The molecule has 106 valence electrons. The summed E-state index contributed by atoms with van der Waals surface area (Å²) in [4.78, 5) is 0. The first-order chi connectivity index (χ1) is 9.43. The van der Waals surface area contributed by atoms with Gasteiger partial charge < -0.3 is 0 Å². The van der Waals surface area contributed by atoms with Gasteiger partial charge in [0.1, 0.15) is 0 Å². The molecule has 1 heteroatoms. The highest BCUT2D eigenvalue weighted by Crippen LogP contribution is 2.10. The normalized spacial score (nSPS) is 10.8. The second kappa shape index (κ2) is 12.5. The van der Waals surface area contributed by atoms with Gasteiger partial charge in [-0.2, -0.15) is 0 Å². The number of unbranched alkanes of at least 4 members (excludes halogenated alkanes) is 7. The van der Waals surface area contributed by atoms with E-state index >= 15 is 0 Å². The highest BCUT2D eigenvalue weighted by molar-refractivity contribution is 6.35. The summed E-state index contributed by atoms with van der Waals surface area (Å²) in [5, 5.41) is 0. The van der Waals surface area contributed by atoms with E-state index in [-0.39, 0.29) is 0 Å². The fraction of sp³-hybridized carbons (Fsp3) is 0.667. The Bertz CT molecular complexity index is 281. The lowest BCUT2D eigenvalue weighted by atomic mass is 10.1. The van der Waals surface area contributed by atoms with E-state index in [4.69, 9.17) is 0 Å². The highest BCUT2D eigenvalue weighted by atomic mass is 28.2. The van der Waals surface area contributed by atoms with Crippen molar-refractivity contribution in [1.82, 2.24) is 0 Å². The third-order valence-corrected chi connectivity index (χ3v) is 4.95. The van der Waals surface area contributed by atoms with E-state index in [2.05, 4.69) is 37.3 Å². The largest absolute Gasteiger partial charge is 0.0654 e. The lowest BCUT2D eigenvalue weighted by molar-refractivity contribution is 0.584. The minimum Gasteiger partial charge on any atom is -0.0654 e. The maximum absolute atomic E-state index is 2.29. The molecule has 0 bridgehead atoms. The van der Waals surface area contributed by atoms with Gasteiger partial charge in [0.2, 0.25) is 0 Å². The third-order valence-electron chi connectivity index (χ3n) is 3.64. The van der Waals surface area contributed by atoms with Crippen LogP contribution in [0.5, 0.6) is 0 Å². The standard InChI is InChI=1S/C18H30Si/c1-2-3-4-5-6-7-8-12-16-19-17-15-18-13-10-9-11-14-18/h9-11,13-14H,2-8,12,15-17H2,1H3. The van der Waals surface area contributed by atoms with Crippen LogP contribution < -0.4 is 0 Å². The van der Waals surface area contributed by atoms with Crippen LogP contribution in [0.25, 0.3) is 0 Å². The SMILES string of the molecule is CCCCCCCCCC[Si]CCc1ccccc1. The van der Waals surface area contributed by atoms with Gasteiger partial charge in [0.05, 0.1) is 0 Å². The monoisotopic (exact) mass is 274 g/mol. The van der Waals surface area contributed by atoms with E-state index in [1.807, 2.05) is 0 Å². The summed E-state index contributed by atoms with van der Waals surface area (Å²) in [6.45, 7) is 2.29. The maximum Gasteiger partial charge on any atom is 0.0381 e. The first kappa shape index (κ1) is 16.5. The minimum absolute atomic E-state index is 1.17. The summed E-state index contributed by atoms with van der Waals surface area (Å²) in [5.41, 5.74) is 1.51. The molecule has 0 heterocycles. The van der Waals surface area contributed by atoms with Crippen LogP contribution >= 0.6 is 0 Å². The van der Waals surface area contributed by atoms with Crippen LogP contribution in [0.1, 0.15) is 63.9 Å².